The lowest BCUT2D eigenvalue weighted by Crippen LogP contribution is -2.44. The van der Waals surface area contributed by atoms with Gasteiger partial charge in [-0.25, -0.2) is 0 Å². The average molecular weight is 270 g/mol. The fourth-order valence-corrected chi connectivity index (χ4v) is 2.00. The molecular formula is C13H16ClNO3. The summed E-state index contributed by atoms with van der Waals surface area (Å²) in [6.45, 7) is 5.24. The van der Waals surface area contributed by atoms with Gasteiger partial charge in [0, 0.05) is 18.7 Å². The molecule has 1 atom stereocenters. The van der Waals surface area contributed by atoms with Crippen molar-refractivity contribution in [1.29, 1.82) is 0 Å². The Bertz CT molecular complexity index is 401. The van der Waals surface area contributed by atoms with E-state index in [1.165, 1.54) is 0 Å². The zero-order chi connectivity index (χ0) is 13.0. The van der Waals surface area contributed by atoms with Gasteiger partial charge in [-0.15, -0.1) is 0 Å². The van der Waals surface area contributed by atoms with E-state index in [2.05, 4.69) is 4.90 Å². The second kappa shape index (κ2) is 6.18. The fourth-order valence-electron chi connectivity index (χ4n) is 1.88. The van der Waals surface area contributed by atoms with Crippen LogP contribution in [0.1, 0.15) is 17.3 Å². The summed E-state index contributed by atoms with van der Waals surface area (Å²) in [4.78, 5) is 13.1. The number of halogens is 1. The van der Waals surface area contributed by atoms with Crippen molar-refractivity contribution in [3.8, 4) is 5.75 Å². The lowest BCUT2D eigenvalue weighted by molar-refractivity contribution is -0.0373. The van der Waals surface area contributed by atoms with E-state index < -0.39 is 5.24 Å². The highest BCUT2D eigenvalue weighted by Gasteiger charge is 2.18. The van der Waals surface area contributed by atoms with Crippen molar-refractivity contribution in [2.75, 3.05) is 26.3 Å². The van der Waals surface area contributed by atoms with Crippen LogP contribution in [0.15, 0.2) is 24.3 Å². The molecule has 1 unspecified atom stereocenters. The number of rotatable bonds is 4. The van der Waals surface area contributed by atoms with Gasteiger partial charge in [-0.05, 0) is 42.8 Å². The highest BCUT2D eigenvalue weighted by molar-refractivity contribution is 6.67. The van der Waals surface area contributed by atoms with Crippen molar-refractivity contribution in [1.82, 2.24) is 4.90 Å². The number of morpholine rings is 1. The number of hydrogen-bond acceptors (Lipinski definition) is 4. The molecule has 4 nitrogen and oxygen atoms in total. The summed E-state index contributed by atoms with van der Waals surface area (Å²) in [5.41, 5.74) is 0.475. The van der Waals surface area contributed by atoms with Gasteiger partial charge < -0.3 is 9.47 Å². The number of hydrogen-bond donors (Lipinski definition) is 0. The van der Waals surface area contributed by atoms with Gasteiger partial charge in [0.25, 0.3) is 5.24 Å². The molecule has 98 valence electrons. The first-order valence-corrected chi connectivity index (χ1v) is 6.33. The van der Waals surface area contributed by atoms with Crippen LogP contribution >= 0.6 is 11.6 Å². The summed E-state index contributed by atoms with van der Waals surface area (Å²) in [5, 5.41) is -0.456. The van der Waals surface area contributed by atoms with E-state index in [9.17, 15) is 4.79 Å². The lowest BCUT2D eigenvalue weighted by Gasteiger charge is -2.32. The standard InChI is InChI=1S/C13H16ClNO3/c1-10(15-6-8-17-9-7-15)18-12-4-2-11(3-5-12)13(14)16/h2-5,10H,6-9H2,1H3. The number of carbonyl (C=O) groups excluding carboxylic acids is 1. The van der Waals surface area contributed by atoms with Gasteiger partial charge in [0.1, 0.15) is 12.0 Å². The Labute approximate surface area is 111 Å². The van der Waals surface area contributed by atoms with Crippen LogP contribution in [0.3, 0.4) is 0 Å². The van der Waals surface area contributed by atoms with Crippen LogP contribution in [0, 0.1) is 0 Å². The number of carbonyl (C=O) groups is 1. The minimum atomic E-state index is -0.456. The topological polar surface area (TPSA) is 38.8 Å². The molecule has 1 saturated heterocycles. The molecule has 1 aliphatic rings. The van der Waals surface area contributed by atoms with Crippen molar-refractivity contribution in [2.24, 2.45) is 0 Å². The van der Waals surface area contributed by atoms with Crippen LogP contribution in [0.2, 0.25) is 0 Å². The summed E-state index contributed by atoms with van der Waals surface area (Å²) < 4.78 is 11.1. The third-order valence-corrected chi connectivity index (χ3v) is 3.17. The monoisotopic (exact) mass is 269 g/mol. The Hall–Kier alpha value is -1.10. The van der Waals surface area contributed by atoms with Gasteiger partial charge in [0.05, 0.1) is 13.2 Å². The molecule has 0 amide bonds. The first-order valence-electron chi connectivity index (χ1n) is 5.95. The molecule has 5 heteroatoms. The van der Waals surface area contributed by atoms with Crippen LogP contribution in [0.5, 0.6) is 5.75 Å². The third kappa shape index (κ3) is 3.45. The molecule has 1 heterocycles. The molecule has 0 radical (unpaired) electrons. The zero-order valence-corrected chi connectivity index (χ0v) is 11.0. The Balaban J connectivity index is 1.93. The second-order valence-electron chi connectivity index (χ2n) is 4.16. The maximum absolute atomic E-state index is 10.9. The first kappa shape index (κ1) is 13.3. The first-order chi connectivity index (χ1) is 8.66. The number of nitrogens with zero attached hydrogens (tertiary/aromatic N) is 1. The number of ether oxygens (including phenoxy) is 2. The molecule has 2 rings (SSSR count). The van der Waals surface area contributed by atoms with Crippen molar-refractivity contribution in [3.05, 3.63) is 29.8 Å². The molecule has 1 aliphatic heterocycles. The molecule has 1 fully saturated rings. The van der Waals surface area contributed by atoms with Gasteiger partial charge in [-0.3, -0.25) is 9.69 Å². The molecule has 0 saturated carbocycles. The normalized spacial score (nSPS) is 18.3. The van der Waals surface area contributed by atoms with Crippen molar-refractivity contribution >= 4 is 16.8 Å². The second-order valence-corrected chi connectivity index (χ2v) is 4.51. The SMILES string of the molecule is CC(Oc1ccc(C(=O)Cl)cc1)N1CCOCC1. The average Bonchev–Trinajstić information content (AvgIpc) is 2.40. The molecule has 1 aromatic rings. The Morgan fingerprint density at radius 2 is 1.94 bits per heavy atom. The maximum Gasteiger partial charge on any atom is 0.252 e. The fraction of sp³-hybridized carbons (Fsp3) is 0.462. The highest BCUT2D eigenvalue weighted by Crippen LogP contribution is 2.16. The minimum Gasteiger partial charge on any atom is -0.475 e. The summed E-state index contributed by atoms with van der Waals surface area (Å²) in [5.74, 6) is 0.732. The molecule has 0 aromatic heterocycles. The van der Waals surface area contributed by atoms with E-state index >= 15 is 0 Å². The summed E-state index contributed by atoms with van der Waals surface area (Å²) >= 11 is 5.38. The van der Waals surface area contributed by atoms with Crippen molar-refractivity contribution in [3.63, 3.8) is 0 Å². The molecule has 0 bridgehead atoms. The van der Waals surface area contributed by atoms with E-state index in [1.54, 1.807) is 24.3 Å². The van der Waals surface area contributed by atoms with E-state index in [-0.39, 0.29) is 6.23 Å². The van der Waals surface area contributed by atoms with Crippen LogP contribution < -0.4 is 4.74 Å². The van der Waals surface area contributed by atoms with Gasteiger partial charge in [-0.1, -0.05) is 0 Å². The van der Waals surface area contributed by atoms with Crippen molar-refractivity contribution < 1.29 is 14.3 Å². The zero-order valence-electron chi connectivity index (χ0n) is 10.3. The van der Waals surface area contributed by atoms with Crippen LogP contribution in [-0.2, 0) is 4.74 Å². The Kier molecular flexibility index (Phi) is 4.58. The van der Waals surface area contributed by atoms with Gasteiger partial charge in [0.15, 0.2) is 0 Å². The van der Waals surface area contributed by atoms with Gasteiger partial charge in [-0.2, -0.15) is 0 Å². The molecular weight excluding hydrogens is 254 g/mol. The van der Waals surface area contributed by atoms with E-state index in [4.69, 9.17) is 21.1 Å². The van der Waals surface area contributed by atoms with Gasteiger partial charge >= 0.3 is 0 Å². The highest BCUT2D eigenvalue weighted by atomic mass is 35.5. The minimum absolute atomic E-state index is 0.00791. The summed E-state index contributed by atoms with van der Waals surface area (Å²) in [7, 11) is 0. The van der Waals surface area contributed by atoms with E-state index in [1.807, 2.05) is 6.92 Å². The van der Waals surface area contributed by atoms with Crippen LogP contribution in [0.4, 0.5) is 0 Å². The molecule has 0 N–H and O–H groups in total. The molecule has 0 aliphatic carbocycles. The van der Waals surface area contributed by atoms with Crippen LogP contribution in [0.25, 0.3) is 0 Å². The lowest BCUT2D eigenvalue weighted by atomic mass is 10.2. The summed E-state index contributed by atoms with van der Waals surface area (Å²) in [6, 6.07) is 6.84. The maximum atomic E-state index is 10.9. The molecule has 1 aromatic carbocycles. The Morgan fingerprint density at radius 3 is 2.50 bits per heavy atom. The largest absolute Gasteiger partial charge is 0.475 e. The number of benzene rings is 1. The smallest absolute Gasteiger partial charge is 0.252 e. The third-order valence-electron chi connectivity index (χ3n) is 2.95. The van der Waals surface area contributed by atoms with Crippen LogP contribution in [-0.4, -0.2) is 42.7 Å². The summed E-state index contributed by atoms with van der Waals surface area (Å²) in [6.07, 6.45) is -0.00791. The molecule has 0 spiro atoms. The molecule has 18 heavy (non-hydrogen) atoms. The quantitative estimate of drug-likeness (QED) is 0.785. The van der Waals surface area contributed by atoms with E-state index in [0.29, 0.717) is 5.56 Å². The van der Waals surface area contributed by atoms with Crippen molar-refractivity contribution in [2.45, 2.75) is 13.2 Å². The Morgan fingerprint density at radius 1 is 1.33 bits per heavy atom. The van der Waals surface area contributed by atoms with Gasteiger partial charge in [0.2, 0.25) is 0 Å². The predicted octanol–water partition coefficient (Wildman–Crippen LogP) is 2.12. The predicted molar refractivity (Wildman–Crippen MR) is 69.1 cm³/mol. The van der Waals surface area contributed by atoms with E-state index in [0.717, 1.165) is 32.1 Å².